The van der Waals surface area contributed by atoms with Crippen LogP contribution < -0.4 is 9.80 Å². The minimum atomic E-state index is 0. The first kappa shape index (κ1) is 47.1. The SMILES string of the molecule is C.Cc1ccccc1N(c1ccc(-c2ccc3c(c2)C2(C)CCC3(C)C2)cc1)c1ccccc1C.Cc1ccccc1N(c1ccc(-c2ccc3c(c2)C2(C)CCC3(C)CC2)cc1)c1ccccc1C. The number of anilines is 6. The third-order valence-corrected chi connectivity index (χ3v) is 17.4. The van der Waals surface area contributed by atoms with Crippen LogP contribution in [0.25, 0.3) is 22.3 Å². The number of para-hydroxylation sites is 4. The predicted molar refractivity (Wildman–Crippen MR) is 301 cm³/mol. The van der Waals surface area contributed by atoms with E-state index in [1.54, 1.807) is 22.3 Å². The van der Waals surface area contributed by atoms with Crippen molar-refractivity contribution in [1.29, 1.82) is 0 Å². The molecule has 0 radical (unpaired) electrons. The second-order valence-electron chi connectivity index (χ2n) is 22.4. The Morgan fingerprint density at radius 2 is 0.571 bits per heavy atom. The summed E-state index contributed by atoms with van der Waals surface area (Å²) in [6.45, 7) is 18.7. The number of hydrogen-bond acceptors (Lipinski definition) is 2. The summed E-state index contributed by atoms with van der Waals surface area (Å²) in [6.07, 6.45) is 9.26. The summed E-state index contributed by atoms with van der Waals surface area (Å²) in [7, 11) is 0. The van der Waals surface area contributed by atoms with Gasteiger partial charge in [0.05, 0.1) is 0 Å². The molecule has 4 bridgehead atoms. The summed E-state index contributed by atoms with van der Waals surface area (Å²) in [5.74, 6) is 0. The fraction of sp³-hybridized carbons (Fsp3) is 0.294. The summed E-state index contributed by atoms with van der Waals surface area (Å²) < 4.78 is 0. The van der Waals surface area contributed by atoms with Crippen LogP contribution in [0, 0.1) is 27.7 Å². The third kappa shape index (κ3) is 8.08. The molecule has 2 heteroatoms. The van der Waals surface area contributed by atoms with Crippen LogP contribution in [0.15, 0.2) is 182 Å². The first-order valence-electron chi connectivity index (χ1n) is 25.6. The molecule has 0 aliphatic heterocycles. The van der Waals surface area contributed by atoms with Gasteiger partial charge in [-0.3, -0.25) is 0 Å². The van der Waals surface area contributed by atoms with Crippen molar-refractivity contribution in [2.45, 2.75) is 129 Å². The average Bonchev–Trinajstić information content (AvgIpc) is 3.81. The minimum absolute atomic E-state index is 0. The lowest BCUT2D eigenvalue weighted by Crippen LogP contribution is -2.44. The van der Waals surface area contributed by atoms with E-state index in [9.17, 15) is 0 Å². The first-order chi connectivity index (χ1) is 33.3. The van der Waals surface area contributed by atoms with Crippen molar-refractivity contribution >= 4 is 34.1 Å². The molecule has 8 aromatic rings. The van der Waals surface area contributed by atoms with Crippen molar-refractivity contribution in [2.24, 2.45) is 0 Å². The molecule has 2 nitrogen and oxygen atoms in total. The van der Waals surface area contributed by atoms with E-state index in [1.165, 1.54) is 124 Å². The molecule has 70 heavy (non-hydrogen) atoms. The highest BCUT2D eigenvalue weighted by Gasteiger charge is 2.53. The van der Waals surface area contributed by atoms with Gasteiger partial charge in [-0.05, 0) is 210 Å². The van der Waals surface area contributed by atoms with Crippen LogP contribution >= 0.6 is 0 Å². The molecule has 0 amide bonds. The molecule has 0 N–H and O–H groups in total. The van der Waals surface area contributed by atoms with Crippen molar-refractivity contribution < 1.29 is 0 Å². The van der Waals surface area contributed by atoms with E-state index in [0.29, 0.717) is 21.7 Å². The largest absolute Gasteiger partial charge is 0.310 e. The molecule has 0 saturated heterocycles. The van der Waals surface area contributed by atoms with E-state index >= 15 is 0 Å². The molecular formula is C68H72N2. The Bertz CT molecular complexity index is 3110. The molecule has 2 fully saturated rings. The van der Waals surface area contributed by atoms with Crippen LogP contribution in [0.1, 0.15) is 125 Å². The van der Waals surface area contributed by atoms with Crippen molar-refractivity contribution in [1.82, 2.24) is 0 Å². The molecule has 2 unspecified atom stereocenters. The number of hydrogen-bond donors (Lipinski definition) is 0. The fourth-order valence-corrected chi connectivity index (χ4v) is 13.1. The number of fused-ring (bicyclic) bond motifs is 7. The van der Waals surface area contributed by atoms with Crippen LogP contribution in [0.3, 0.4) is 0 Å². The van der Waals surface area contributed by atoms with Crippen molar-refractivity contribution in [2.75, 3.05) is 9.80 Å². The molecular weight excluding hydrogens is 845 g/mol. The van der Waals surface area contributed by atoms with E-state index in [0.717, 1.165) is 0 Å². The van der Waals surface area contributed by atoms with Gasteiger partial charge in [0.2, 0.25) is 0 Å². The lowest BCUT2D eigenvalue weighted by molar-refractivity contribution is 0.188. The quantitative estimate of drug-likeness (QED) is 0.150. The summed E-state index contributed by atoms with van der Waals surface area (Å²) in [5.41, 5.74) is 25.4. The van der Waals surface area contributed by atoms with E-state index in [2.05, 4.69) is 247 Å². The zero-order chi connectivity index (χ0) is 47.7. The highest BCUT2D eigenvalue weighted by molar-refractivity contribution is 5.83. The number of nitrogens with zero attached hydrogens (tertiary/aromatic N) is 2. The van der Waals surface area contributed by atoms with Gasteiger partial charge in [-0.1, -0.05) is 169 Å². The fourth-order valence-electron chi connectivity index (χ4n) is 13.1. The van der Waals surface area contributed by atoms with Gasteiger partial charge < -0.3 is 9.80 Å². The molecule has 13 rings (SSSR count). The Kier molecular flexibility index (Phi) is 12.1. The molecule has 0 aromatic heterocycles. The molecule has 2 atom stereocenters. The van der Waals surface area contributed by atoms with Crippen LogP contribution in [-0.2, 0) is 21.7 Å². The van der Waals surface area contributed by atoms with Gasteiger partial charge in [0.15, 0.2) is 0 Å². The van der Waals surface area contributed by atoms with Gasteiger partial charge in [0.1, 0.15) is 0 Å². The van der Waals surface area contributed by atoms with Gasteiger partial charge in [0.25, 0.3) is 0 Å². The zero-order valence-corrected chi connectivity index (χ0v) is 42.2. The maximum atomic E-state index is 2.50. The van der Waals surface area contributed by atoms with Gasteiger partial charge in [-0.2, -0.15) is 0 Å². The average molecular weight is 917 g/mol. The topological polar surface area (TPSA) is 6.48 Å². The highest BCUT2D eigenvalue weighted by atomic mass is 15.2. The Morgan fingerprint density at radius 1 is 0.300 bits per heavy atom. The zero-order valence-electron chi connectivity index (χ0n) is 42.2. The molecule has 0 heterocycles. The van der Waals surface area contributed by atoms with Crippen molar-refractivity contribution in [3.05, 3.63) is 226 Å². The molecule has 8 aromatic carbocycles. The van der Waals surface area contributed by atoms with Gasteiger partial charge in [-0.25, -0.2) is 0 Å². The van der Waals surface area contributed by atoms with E-state index < -0.39 is 0 Å². The van der Waals surface area contributed by atoms with E-state index in [-0.39, 0.29) is 7.43 Å². The van der Waals surface area contributed by atoms with Crippen molar-refractivity contribution in [3.8, 4) is 22.3 Å². The number of aryl methyl sites for hydroxylation is 4. The molecule has 5 aliphatic carbocycles. The second kappa shape index (κ2) is 18.0. The number of benzene rings is 8. The Morgan fingerprint density at radius 3 is 0.929 bits per heavy atom. The predicted octanol–water partition coefficient (Wildman–Crippen LogP) is 19.3. The van der Waals surface area contributed by atoms with Crippen LogP contribution in [0.5, 0.6) is 0 Å². The standard InChI is InChI=1S/C34H35N.C33H33N.CH4/c1-24-9-5-7-11-31(24)35(32-12-8-6-10-25(32)2)28-16-13-26(14-17-28)27-15-18-29-30(23-27)34(4)21-19-33(29,3)20-22-34;1-23-9-5-7-11-30(23)34(31-12-8-6-10-24(31)2)27-16-13-25(14-17-27)26-15-18-28-29(21-26)33(4)20-19-32(28,3)22-33;/h5-18,23H,19-22H2,1-4H3;5-18,21H,19-20,22H2,1-4H3;1H4. The highest BCUT2D eigenvalue weighted by Crippen LogP contribution is 2.61. The maximum Gasteiger partial charge on any atom is 0.0490 e. The maximum absolute atomic E-state index is 2.50. The summed E-state index contributed by atoms with van der Waals surface area (Å²) in [6, 6.07) is 67.4. The lowest BCUT2D eigenvalue weighted by atomic mass is 9.52. The normalized spacial score (nSPS) is 22.3. The van der Waals surface area contributed by atoms with Crippen LogP contribution in [-0.4, -0.2) is 0 Å². The Labute approximate surface area is 420 Å². The Hall–Kier alpha value is -6.64. The van der Waals surface area contributed by atoms with Gasteiger partial charge in [-0.15, -0.1) is 0 Å². The molecule has 354 valence electrons. The van der Waals surface area contributed by atoms with Crippen molar-refractivity contribution in [3.63, 3.8) is 0 Å². The summed E-state index contributed by atoms with van der Waals surface area (Å²) in [5, 5.41) is 0. The summed E-state index contributed by atoms with van der Waals surface area (Å²) >= 11 is 0. The van der Waals surface area contributed by atoms with Crippen LogP contribution in [0.2, 0.25) is 0 Å². The van der Waals surface area contributed by atoms with E-state index in [1.807, 2.05) is 0 Å². The van der Waals surface area contributed by atoms with Gasteiger partial charge in [0, 0.05) is 34.1 Å². The van der Waals surface area contributed by atoms with E-state index in [4.69, 9.17) is 0 Å². The van der Waals surface area contributed by atoms with Gasteiger partial charge >= 0.3 is 0 Å². The second-order valence-corrected chi connectivity index (χ2v) is 22.4. The third-order valence-electron chi connectivity index (χ3n) is 17.4. The van der Waals surface area contributed by atoms with Crippen LogP contribution in [0.4, 0.5) is 34.1 Å². The first-order valence-corrected chi connectivity index (χ1v) is 25.6. The molecule has 0 spiro atoms. The Balaban J connectivity index is 0.000000160. The number of rotatable bonds is 8. The monoisotopic (exact) mass is 917 g/mol. The molecule has 5 aliphatic rings. The minimum Gasteiger partial charge on any atom is -0.310 e. The molecule has 2 saturated carbocycles. The lowest BCUT2D eigenvalue weighted by Gasteiger charge is -2.52. The summed E-state index contributed by atoms with van der Waals surface area (Å²) in [4.78, 5) is 4.78. The smallest absolute Gasteiger partial charge is 0.0490 e.